The van der Waals surface area contributed by atoms with Crippen LogP contribution in [-0.4, -0.2) is 33.3 Å². The van der Waals surface area contributed by atoms with Crippen molar-refractivity contribution in [1.29, 1.82) is 0 Å². The number of nitrogen functional groups attached to an aromatic ring is 1. The molecule has 2 aromatic carbocycles. The molecule has 0 amide bonds. The highest BCUT2D eigenvalue weighted by Crippen LogP contribution is 2.43. The smallest absolute Gasteiger partial charge is 0.222 e. The molecule has 0 aliphatic carbocycles. The number of fused-ring (bicyclic) bond motifs is 1. The van der Waals surface area contributed by atoms with Crippen molar-refractivity contribution in [3.05, 3.63) is 42.5 Å². The number of nitrogens with one attached hydrogen (secondary N) is 2. The Morgan fingerprint density at radius 1 is 1.03 bits per heavy atom. The van der Waals surface area contributed by atoms with Crippen LogP contribution < -0.4 is 20.7 Å². The Hall–Kier alpha value is -3.81. The van der Waals surface area contributed by atoms with Crippen LogP contribution in [0.4, 0.5) is 23.3 Å². The fourth-order valence-corrected chi connectivity index (χ4v) is 3.65. The predicted molar refractivity (Wildman–Crippen MR) is 115 cm³/mol. The first-order valence-corrected chi connectivity index (χ1v) is 9.62. The van der Waals surface area contributed by atoms with E-state index in [1.807, 2.05) is 42.5 Å². The van der Waals surface area contributed by atoms with E-state index in [9.17, 15) is 0 Å². The average molecular weight is 387 g/mol. The Balaban J connectivity index is 1.67. The molecule has 8 nitrogen and oxygen atoms in total. The second-order valence-corrected chi connectivity index (χ2v) is 6.83. The Kier molecular flexibility index (Phi) is 3.97. The number of benzene rings is 2. The van der Waals surface area contributed by atoms with E-state index < -0.39 is 0 Å². The van der Waals surface area contributed by atoms with E-state index in [1.54, 1.807) is 0 Å². The highest BCUT2D eigenvalue weighted by molar-refractivity contribution is 6.00. The van der Waals surface area contributed by atoms with Gasteiger partial charge in [-0.25, -0.2) is 4.98 Å². The highest BCUT2D eigenvalue weighted by Gasteiger charge is 2.21. The van der Waals surface area contributed by atoms with Crippen LogP contribution in [0.5, 0.6) is 11.5 Å². The molecule has 0 radical (unpaired) electrons. The number of nitrogens with zero attached hydrogens (tertiary/aromatic N) is 4. The third kappa shape index (κ3) is 2.89. The molecule has 29 heavy (non-hydrogen) atoms. The summed E-state index contributed by atoms with van der Waals surface area (Å²) in [5.74, 6) is 3.24. The molecule has 0 unspecified atom stereocenters. The minimum absolute atomic E-state index is 0.244. The van der Waals surface area contributed by atoms with Crippen LogP contribution in [0.15, 0.2) is 42.5 Å². The Morgan fingerprint density at radius 3 is 2.69 bits per heavy atom. The number of hydrogen-bond acceptors (Lipinski definition) is 7. The Bertz CT molecular complexity index is 1210. The standard InChI is InChI=1S/C21H21N7O/c1-3-28(4-2)18-11-14(24-21(22)25-18)12-9-15-19-17(10-12)29-16-8-6-5-7-13(16)23-20(19)27-26-15/h5-11H,3-4H2,1-2H3,(H2,22,24,25)(H2,23,26,27). The monoisotopic (exact) mass is 387 g/mol. The molecular formula is C21H21N7O. The molecule has 5 rings (SSSR count). The number of aromatic amines is 1. The third-order valence-electron chi connectivity index (χ3n) is 5.10. The maximum Gasteiger partial charge on any atom is 0.222 e. The number of hydrogen-bond donors (Lipinski definition) is 3. The minimum atomic E-state index is 0.244. The second-order valence-electron chi connectivity index (χ2n) is 6.83. The topological polar surface area (TPSA) is 105 Å². The Labute approximate surface area is 167 Å². The number of H-pyrrole nitrogens is 1. The van der Waals surface area contributed by atoms with Crippen molar-refractivity contribution in [2.24, 2.45) is 0 Å². The van der Waals surface area contributed by atoms with E-state index in [1.165, 1.54) is 0 Å². The number of aromatic nitrogens is 4. The quantitative estimate of drug-likeness (QED) is 0.422. The van der Waals surface area contributed by atoms with Gasteiger partial charge in [0.2, 0.25) is 5.95 Å². The zero-order valence-electron chi connectivity index (χ0n) is 16.2. The molecule has 8 heteroatoms. The normalized spacial score (nSPS) is 12.1. The molecule has 0 atom stereocenters. The van der Waals surface area contributed by atoms with Gasteiger partial charge in [0.15, 0.2) is 11.6 Å². The van der Waals surface area contributed by atoms with E-state index in [4.69, 9.17) is 10.5 Å². The molecule has 0 spiro atoms. The lowest BCUT2D eigenvalue weighted by Crippen LogP contribution is -2.23. The van der Waals surface area contributed by atoms with Crippen LogP contribution in [0.2, 0.25) is 0 Å². The third-order valence-corrected chi connectivity index (χ3v) is 5.10. The first-order chi connectivity index (χ1) is 14.2. The largest absolute Gasteiger partial charge is 0.454 e. The van der Waals surface area contributed by atoms with Gasteiger partial charge in [-0.1, -0.05) is 12.1 Å². The second kappa shape index (κ2) is 6.66. The summed E-state index contributed by atoms with van der Waals surface area (Å²) in [4.78, 5) is 11.0. The molecule has 1 aliphatic heterocycles. The van der Waals surface area contributed by atoms with Crippen LogP contribution in [0.25, 0.3) is 22.2 Å². The SMILES string of the molecule is CCN(CC)c1cc(-c2cc3c4c(n[nH]c4c2)Nc2ccccc2O3)nc(N)n1. The lowest BCUT2D eigenvalue weighted by molar-refractivity contribution is 0.492. The predicted octanol–water partition coefficient (Wildman–Crippen LogP) is 4.30. The number of para-hydroxylation sites is 2. The lowest BCUT2D eigenvalue weighted by atomic mass is 10.1. The van der Waals surface area contributed by atoms with Crippen molar-refractivity contribution in [3.63, 3.8) is 0 Å². The van der Waals surface area contributed by atoms with E-state index >= 15 is 0 Å². The zero-order chi connectivity index (χ0) is 20.0. The summed E-state index contributed by atoms with van der Waals surface area (Å²) in [6, 6.07) is 13.7. The number of nitrogens with two attached hydrogens (primary N) is 1. The van der Waals surface area contributed by atoms with Crippen LogP contribution in [0, 0.1) is 0 Å². The maximum atomic E-state index is 6.24. The molecule has 1 aliphatic rings. The maximum absolute atomic E-state index is 6.24. The van der Waals surface area contributed by atoms with Gasteiger partial charge in [-0.2, -0.15) is 10.1 Å². The average Bonchev–Trinajstić information content (AvgIpc) is 3.05. The van der Waals surface area contributed by atoms with E-state index in [0.29, 0.717) is 5.75 Å². The van der Waals surface area contributed by atoms with E-state index in [-0.39, 0.29) is 5.95 Å². The van der Waals surface area contributed by atoms with Gasteiger partial charge in [0, 0.05) is 24.7 Å². The van der Waals surface area contributed by atoms with Crippen LogP contribution in [-0.2, 0) is 0 Å². The molecule has 4 aromatic rings. The number of anilines is 4. The first-order valence-electron chi connectivity index (χ1n) is 9.62. The van der Waals surface area contributed by atoms with Crippen LogP contribution in [0.3, 0.4) is 0 Å². The van der Waals surface area contributed by atoms with Crippen molar-refractivity contribution < 1.29 is 4.74 Å². The van der Waals surface area contributed by atoms with Crippen molar-refractivity contribution in [2.75, 3.05) is 29.0 Å². The summed E-state index contributed by atoms with van der Waals surface area (Å²) in [5, 5.41) is 11.7. The summed E-state index contributed by atoms with van der Waals surface area (Å²) in [5.41, 5.74) is 9.36. The summed E-state index contributed by atoms with van der Waals surface area (Å²) >= 11 is 0. The van der Waals surface area contributed by atoms with Crippen molar-refractivity contribution in [2.45, 2.75) is 13.8 Å². The van der Waals surface area contributed by atoms with Crippen LogP contribution in [0.1, 0.15) is 13.8 Å². The first kappa shape index (κ1) is 17.3. The van der Waals surface area contributed by atoms with Gasteiger partial charge >= 0.3 is 0 Å². The van der Waals surface area contributed by atoms with Gasteiger partial charge in [-0.15, -0.1) is 0 Å². The number of rotatable bonds is 4. The summed E-state index contributed by atoms with van der Waals surface area (Å²) < 4.78 is 6.24. The zero-order valence-corrected chi connectivity index (χ0v) is 16.2. The lowest BCUT2D eigenvalue weighted by Gasteiger charge is -2.20. The fourth-order valence-electron chi connectivity index (χ4n) is 3.65. The van der Waals surface area contributed by atoms with Gasteiger partial charge in [0.05, 0.1) is 22.3 Å². The Morgan fingerprint density at radius 2 is 1.86 bits per heavy atom. The molecule has 4 N–H and O–H groups in total. The van der Waals surface area contributed by atoms with Gasteiger partial charge in [0.25, 0.3) is 0 Å². The van der Waals surface area contributed by atoms with Gasteiger partial charge in [0.1, 0.15) is 11.6 Å². The minimum Gasteiger partial charge on any atom is -0.454 e. The number of ether oxygens (including phenoxy) is 1. The van der Waals surface area contributed by atoms with Gasteiger partial charge in [-0.3, -0.25) is 5.10 Å². The molecule has 0 saturated carbocycles. The molecule has 0 fully saturated rings. The van der Waals surface area contributed by atoms with Crippen molar-refractivity contribution in [3.8, 4) is 22.8 Å². The molecular weight excluding hydrogens is 366 g/mol. The molecule has 3 heterocycles. The molecule has 0 bridgehead atoms. The molecule has 146 valence electrons. The summed E-state index contributed by atoms with van der Waals surface area (Å²) in [7, 11) is 0. The fraction of sp³-hybridized carbons (Fsp3) is 0.190. The van der Waals surface area contributed by atoms with Crippen LogP contribution >= 0.6 is 0 Å². The molecule has 0 saturated heterocycles. The van der Waals surface area contributed by atoms with Crippen molar-refractivity contribution in [1.82, 2.24) is 20.2 Å². The summed E-state index contributed by atoms with van der Waals surface area (Å²) in [6.07, 6.45) is 0. The molecule has 2 aromatic heterocycles. The van der Waals surface area contributed by atoms with Crippen molar-refractivity contribution >= 4 is 34.2 Å². The summed E-state index contributed by atoms with van der Waals surface area (Å²) in [6.45, 7) is 5.86. The van der Waals surface area contributed by atoms with Gasteiger partial charge in [-0.05, 0) is 38.1 Å². The highest BCUT2D eigenvalue weighted by atomic mass is 16.5. The van der Waals surface area contributed by atoms with Gasteiger partial charge < -0.3 is 20.7 Å². The van der Waals surface area contributed by atoms with E-state index in [2.05, 4.69) is 44.2 Å². The van der Waals surface area contributed by atoms with E-state index in [0.717, 1.165) is 58.3 Å².